The number of carbonyl (C=O) groups is 1. The SMILES string of the molecule is CC(C)NCC1CCCN(C(C)C(=O)N2CCOCC2)C1. The number of carbonyl (C=O) groups excluding carboxylic acids is 1. The molecule has 0 radical (unpaired) electrons. The first kappa shape index (κ1) is 16.7. The van der Waals surface area contributed by atoms with Gasteiger partial charge in [-0.3, -0.25) is 9.69 Å². The largest absolute Gasteiger partial charge is 0.378 e. The van der Waals surface area contributed by atoms with Gasteiger partial charge in [0.1, 0.15) is 0 Å². The van der Waals surface area contributed by atoms with Crippen LogP contribution in [-0.2, 0) is 9.53 Å². The zero-order chi connectivity index (χ0) is 15.2. The van der Waals surface area contributed by atoms with Crippen molar-refractivity contribution in [1.82, 2.24) is 15.1 Å². The number of hydrogen-bond donors (Lipinski definition) is 1. The summed E-state index contributed by atoms with van der Waals surface area (Å²) >= 11 is 0. The van der Waals surface area contributed by atoms with Crippen LogP contribution < -0.4 is 5.32 Å². The molecule has 2 unspecified atom stereocenters. The van der Waals surface area contributed by atoms with Crippen molar-refractivity contribution in [2.45, 2.75) is 45.7 Å². The molecule has 2 fully saturated rings. The minimum Gasteiger partial charge on any atom is -0.378 e. The van der Waals surface area contributed by atoms with E-state index < -0.39 is 0 Å². The fourth-order valence-corrected chi connectivity index (χ4v) is 3.22. The highest BCUT2D eigenvalue weighted by molar-refractivity contribution is 5.81. The van der Waals surface area contributed by atoms with E-state index >= 15 is 0 Å². The zero-order valence-electron chi connectivity index (χ0n) is 13.8. The van der Waals surface area contributed by atoms with Crippen LogP contribution in [0.2, 0.25) is 0 Å². The van der Waals surface area contributed by atoms with Gasteiger partial charge in [-0.25, -0.2) is 0 Å². The molecule has 2 aliphatic heterocycles. The molecule has 0 aromatic rings. The first-order valence-corrected chi connectivity index (χ1v) is 8.42. The summed E-state index contributed by atoms with van der Waals surface area (Å²) in [6, 6.07) is 0.540. The number of morpholine rings is 1. The number of nitrogens with zero attached hydrogens (tertiary/aromatic N) is 2. The lowest BCUT2D eigenvalue weighted by Crippen LogP contribution is -2.53. The molecule has 2 atom stereocenters. The van der Waals surface area contributed by atoms with Gasteiger partial charge in [0.15, 0.2) is 0 Å². The molecule has 2 aliphatic rings. The molecule has 2 saturated heterocycles. The molecule has 0 aliphatic carbocycles. The summed E-state index contributed by atoms with van der Waals surface area (Å²) in [5, 5.41) is 3.53. The molecule has 1 N–H and O–H groups in total. The van der Waals surface area contributed by atoms with Crippen molar-refractivity contribution in [2.75, 3.05) is 45.9 Å². The number of hydrogen-bond acceptors (Lipinski definition) is 4. The van der Waals surface area contributed by atoms with E-state index in [0.29, 0.717) is 25.2 Å². The fraction of sp³-hybridized carbons (Fsp3) is 0.938. The number of likely N-dealkylation sites (tertiary alicyclic amines) is 1. The van der Waals surface area contributed by atoms with Crippen LogP contribution in [0.5, 0.6) is 0 Å². The summed E-state index contributed by atoms with van der Waals surface area (Å²) in [6.45, 7) is 12.4. The maximum absolute atomic E-state index is 12.6. The van der Waals surface area contributed by atoms with E-state index in [1.165, 1.54) is 12.8 Å². The monoisotopic (exact) mass is 297 g/mol. The predicted octanol–water partition coefficient (Wildman–Crippen LogP) is 0.944. The van der Waals surface area contributed by atoms with Gasteiger partial charge in [-0.1, -0.05) is 13.8 Å². The molecule has 0 aromatic heterocycles. The van der Waals surface area contributed by atoms with Gasteiger partial charge in [-0.05, 0) is 38.8 Å². The van der Waals surface area contributed by atoms with Crippen molar-refractivity contribution in [3.8, 4) is 0 Å². The van der Waals surface area contributed by atoms with Crippen LogP contribution in [0.4, 0.5) is 0 Å². The molecule has 122 valence electrons. The van der Waals surface area contributed by atoms with Gasteiger partial charge < -0.3 is 15.0 Å². The average Bonchev–Trinajstić information content (AvgIpc) is 2.52. The molecular weight excluding hydrogens is 266 g/mol. The molecule has 21 heavy (non-hydrogen) atoms. The number of rotatable bonds is 5. The summed E-state index contributed by atoms with van der Waals surface area (Å²) in [7, 11) is 0. The van der Waals surface area contributed by atoms with Crippen LogP contribution in [0.25, 0.3) is 0 Å². The molecule has 5 nitrogen and oxygen atoms in total. The summed E-state index contributed by atoms with van der Waals surface area (Å²) in [5.74, 6) is 0.942. The van der Waals surface area contributed by atoms with E-state index in [4.69, 9.17) is 4.74 Å². The molecule has 0 aromatic carbocycles. The second kappa shape index (κ2) is 8.11. The Morgan fingerprint density at radius 2 is 1.95 bits per heavy atom. The van der Waals surface area contributed by atoms with E-state index in [-0.39, 0.29) is 11.9 Å². The molecule has 5 heteroatoms. The lowest BCUT2D eigenvalue weighted by atomic mass is 9.96. The quantitative estimate of drug-likeness (QED) is 0.820. The maximum atomic E-state index is 12.6. The second-order valence-corrected chi connectivity index (χ2v) is 6.68. The second-order valence-electron chi connectivity index (χ2n) is 6.68. The highest BCUT2D eigenvalue weighted by Gasteiger charge is 2.30. The number of nitrogens with one attached hydrogen (secondary N) is 1. The Hall–Kier alpha value is -0.650. The Labute approximate surface area is 129 Å². The number of ether oxygens (including phenoxy) is 1. The third-order valence-electron chi connectivity index (χ3n) is 4.59. The van der Waals surface area contributed by atoms with Gasteiger partial charge in [-0.15, -0.1) is 0 Å². The first-order chi connectivity index (χ1) is 10.1. The standard InChI is InChI=1S/C16H31N3O2/c1-13(2)17-11-15-5-4-6-19(12-15)14(3)16(20)18-7-9-21-10-8-18/h13-15,17H,4-12H2,1-3H3. The van der Waals surface area contributed by atoms with Crippen molar-refractivity contribution < 1.29 is 9.53 Å². The van der Waals surface area contributed by atoms with Crippen molar-refractivity contribution in [1.29, 1.82) is 0 Å². The Kier molecular flexibility index (Phi) is 6.45. The molecule has 2 rings (SSSR count). The van der Waals surface area contributed by atoms with E-state index in [1.807, 2.05) is 4.90 Å². The summed E-state index contributed by atoms with van der Waals surface area (Å²) in [5.41, 5.74) is 0. The van der Waals surface area contributed by atoms with Crippen LogP contribution in [-0.4, -0.2) is 73.7 Å². The Morgan fingerprint density at radius 3 is 2.62 bits per heavy atom. The lowest BCUT2D eigenvalue weighted by molar-refractivity contribution is -0.141. The smallest absolute Gasteiger partial charge is 0.239 e. The van der Waals surface area contributed by atoms with Gasteiger partial charge in [0.2, 0.25) is 5.91 Å². The average molecular weight is 297 g/mol. The molecule has 0 bridgehead atoms. The van der Waals surface area contributed by atoms with Gasteiger partial charge in [0, 0.05) is 25.7 Å². The highest BCUT2D eigenvalue weighted by atomic mass is 16.5. The van der Waals surface area contributed by atoms with Crippen LogP contribution in [0, 0.1) is 5.92 Å². The van der Waals surface area contributed by atoms with Crippen molar-refractivity contribution in [2.24, 2.45) is 5.92 Å². The van der Waals surface area contributed by atoms with Crippen LogP contribution in [0.1, 0.15) is 33.6 Å². The summed E-state index contributed by atoms with van der Waals surface area (Å²) < 4.78 is 5.33. The van der Waals surface area contributed by atoms with Crippen LogP contribution >= 0.6 is 0 Å². The molecule has 0 saturated carbocycles. The predicted molar refractivity (Wildman–Crippen MR) is 84.3 cm³/mol. The molecule has 0 spiro atoms. The highest BCUT2D eigenvalue weighted by Crippen LogP contribution is 2.19. The summed E-state index contributed by atoms with van der Waals surface area (Å²) in [4.78, 5) is 16.9. The molecule has 2 heterocycles. The lowest BCUT2D eigenvalue weighted by Gasteiger charge is -2.39. The minimum atomic E-state index is 0.00458. The Bertz CT molecular complexity index is 329. The zero-order valence-corrected chi connectivity index (χ0v) is 13.8. The third-order valence-corrected chi connectivity index (χ3v) is 4.59. The minimum absolute atomic E-state index is 0.00458. The van der Waals surface area contributed by atoms with Crippen molar-refractivity contribution >= 4 is 5.91 Å². The van der Waals surface area contributed by atoms with Crippen molar-refractivity contribution in [3.05, 3.63) is 0 Å². The van der Waals surface area contributed by atoms with Crippen LogP contribution in [0.15, 0.2) is 0 Å². The van der Waals surface area contributed by atoms with E-state index in [9.17, 15) is 4.79 Å². The van der Waals surface area contributed by atoms with Gasteiger partial charge >= 0.3 is 0 Å². The maximum Gasteiger partial charge on any atom is 0.239 e. The normalized spacial score (nSPS) is 26.1. The summed E-state index contributed by atoms with van der Waals surface area (Å²) in [6.07, 6.45) is 2.47. The Morgan fingerprint density at radius 1 is 1.24 bits per heavy atom. The Balaban J connectivity index is 1.83. The molecule has 1 amide bonds. The number of amides is 1. The first-order valence-electron chi connectivity index (χ1n) is 8.42. The van der Waals surface area contributed by atoms with Crippen LogP contribution in [0.3, 0.4) is 0 Å². The van der Waals surface area contributed by atoms with Gasteiger partial charge in [0.25, 0.3) is 0 Å². The van der Waals surface area contributed by atoms with Gasteiger partial charge in [0.05, 0.1) is 19.3 Å². The van der Waals surface area contributed by atoms with Gasteiger partial charge in [-0.2, -0.15) is 0 Å². The van der Waals surface area contributed by atoms with Crippen molar-refractivity contribution in [3.63, 3.8) is 0 Å². The fourth-order valence-electron chi connectivity index (χ4n) is 3.22. The van der Waals surface area contributed by atoms with E-state index in [1.54, 1.807) is 0 Å². The topological polar surface area (TPSA) is 44.8 Å². The van der Waals surface area contributed by atoms with E-state index in [0.717, 1.165) is 32.7 Å². The van der Waals surface area contributed by atoms with E-state index in [2.05, 4.69) is 31.0 Å². The third kappa shape index (κ3) is 4.94. The molecular formula is C16H31N3O2. The number of piperidine rings is 1.